The topological polar surface area (TPSA) is 0 Å². The van der Waals surface area contributed by atoms with Gasteiger partial charge in [0.15, 0.2) is 0 Å². The van der Waals surface area contributed by atoms with Crippen molar-refractivity contribution in [1.82, 2.24) is 0 Å². The second-order valence-corrected chi connectivity index (χ2v) is 1.07. The van der Waals surface area contributed by atoms with Crippen LogP contribution in [0.25, 0.3) is 0 Å². The zero-order valence-corrected chi connectivity index (χ0v) is 4.27. The van der Waals surface area contributed by atoms with Crippen LogP contribution in [0.3, 0.4) is 0 Å². The highest BCUT2D eigenvalue weighted by atomic mass is 19.1. The first-order chi connectivity index (χ1) is 3.81. The molecule has 0 heterocycles. The van der Waals surface area contributed by atoms with Crippen LogP contribution in [-0.2, 0) is 0 Å². The van der Waals surface area contributed by atoms with E-state index in [9.17, 15) is 8.78 Å². The van der Waals surface area contributed by atoms with Crippen molar-refractivity contribution in [2.45, 2.75) is 0 Å². The maximum absolute atomic E-state index is 11.8. The molecule has 0 nitrogen and oxygen atoms in total. The fourth-order valence-electron chi connectivity index (χ4n) is 0.196. The zero-order chi connectivity index (χ0) is 6.41. The summed E-state index contributed by atoms with van der Waals surface area (Å²) in [5, 5.41) is 0. The van der Waals surface area contributed by atoms with Gasteiger partial charge in [0.2, 0.25) is 0 Å². The summed E-state index contributed by atoms with van der Waals surface area (Å²) in [6, 6.07) is 0. The summed E-state index contributed by atoms with van der Waals surface area (Å²) in [6.07, 6.45) is 3.19. The second-order valence-electron chi connectivity index (χ2n) is 1.07. The van der Waals surface area contributed by atoms with E-state index in [1.807, 2.05) is 0 Å². The molecule has 0 fully saturated rings. The molecule has 0 radical (unpaired) electrons. The first-order valence-electron chi connectivity index (χ1n) is 2.06. The third-order valence-corrected chi connectivity index (χ3v) is 0.523. The van der Waals surface area contributed by atoms with Crippen LogP contribution in [0.5, 0.6) is 0 Å². The van der Waals surface area contributed by atoms with Crippen LogP contribution in [-0.4, -0.2) is 0 Å². The van der Waals surface area contributed by atoms with Crippen molar-refractivity contribution in [1.29, 1.82) is 0 Å². The molecule has 0 amide bonds. The predicted octanol–water partition coefficient (Wildman–Crippen LogP) is 2.51. The van der Waals surface area contributed by atoms with Crippen molar-refractivity contribution in [2.24, 2.45) is 0 Å². The van der Waals surface area contributed by atoms with E-state index < -0.39 is 5.83 Å². The Hall–Kier alpha value is -0.920. The third-order valence-electron chi connectivity index (χ3n) is 0.523. The van der Waals surface area contributed by atoms with Crippen LogP contribution in [0.4, 0.5) is 8.78 Å². The lowest BCUT2D eigenvalue weighted by atomic mass is 10.4. The molecule has 0 aromatic carbocycles. The highest BCUT2D eigenvalue weighted by Gasteiger charge is 1.76. The lowest BCUT2D eigenvalue weighted by molar-refractivity contribution is 0.666. The van der Waals surface area contributed by atoms with Gasteiger partial charge in [-0.3, -0.25) is 0 Å². The molecule has 0 spiro atoms. The monoisotopic (exact) mass is 116 g/mol. The van der Waals surface area contributed by atoms with Gasteiger partial charge in [0.1, 0.15) is 5.83 Å². The molecule has 0 aliphatic carbocycles. The van der Waals surface area contributed by atoms with Crippen LogP contribution >= 0.6 is 0 Å². The predicted molar refractivity (Wildman–Crippen MR) is 29.6 cm³/mol. The van der Waals surface area contributed by atoms with E-state index in [4.69, 9.17) is 0 Å². The Morgan fingerprint density at radius 3 is 2.50 bits per heavy atom. The van der Waals surface area contributed by atoms with Crippen molar-refractivity contribution >= 4 is 0 Å². The summed E-state index contributed by atoms with van der Waals surface area (Å²) in [6.45, 7) is 3.11. The van der Waals surface area contributed by atoms with Crippen LogP contribution in [0.15, 0.2) is 37.0 Å². The van der Waals surface area contributed by atoms with E-state index in [0.29, 0.717) is 0 Å². The van der Waals surface area contributed by atoms with Gasteiger partial charge in [0.25, 0.3) is 0 Å². The Kier molecular flexibility index (Phi) is 3.76. The quantitative estimate of drug-likeness (QED) is 0.486. The van der Waals surface area contributed by atoms with Gasteiger partial charge in [0, 0.05) is 0 Å². The van der Waals surface area contributed by atoms with Crippen LogP contribution in [0, 0.1) is 0 Å². The average Bonchev–Trinajstić information content (AvgIpc) is 1.83. The molecule has 0 saturated heterocycles. The zero-order valence-electron chi connectivity index (χ0n) is 4.27. The average molecular weight is 116 g/mol. The molecule has 0 unspecified atom stereocenters. The smallest absolute Gasteiger partial charge is 0.122 e. The van der Waals surface area contributed by atoms with E-state index in [-0.39, 0.29) is 6.33 Å². The van der Waals surface area contributed by atoms with Crippen molar-refractivity contribution in [3.05, 3.63) is 37.0 Å². The van der Waals surface area contributed by atoms with Gasteiger partial charge in [-0.1, -0.05) is 6.58 Å². The van der Waals surface area contributed by atoms with Crippen LogP contribution < -0.4 is 0 Å². The summed E-state index contributed by atoms with van der Waals surface area (Å²) in [7, 11) is 0. The minimum Gasteiger partial charge on any atom is -0.216 e. The minimum atomic E-state index is -0.543. The van der Waals surface area contributed by atoms with Gasteiger partial charge in [-0.25, -0.2) is 8.78 Å². The summed E-state index contributed by atoms with van der Waals surface area (Å²) in [5.41, 5.74) is 0. The van der Waals surface area contributed by atoms with E-state index in [0.717, 1.165) is 18.2 Å². The lowest BCUT2D eigenvalue weighted by Crippen LogP contribution is -1.57. The van der Waals surface area contributed by atoms with Crippen LogP contribution in [0.1, 0.15) is 0 Å². The van der Waals surface area contributed by atoms with E-state index in [1.165, 1.54) is 0 Å². The van der Waals surface area contributed by atoms with Crippen LogP contribution in [0.2, 0.25) is 0 Å². The SMILES string of the molecule is C=C/C(F)=C\C=C\F. The van der Waals surface area contributed by atoms with E-state index in [1.54, 1.807) is 0 Å². The highest BCUT2D eigenvalue weighted by molar-refractivity contribution is 5.14. The fourth-order valence-corrected chi connectivity index (χ4v) is 0.196. The normalized spacial score (nSPS) is 12.5. The van der Waals surface area contributed by atoms with Gasteiger partial charge < -0.3 is 0 Å². The second kappa shape index (κ2) is 4.24. The largest absolute Gasteiger partial charge is 0.216 e. The Labute approximate surface area is 46.8 Å². The molecule has 0 N–H and O–H groups in total. The van der Waals surface area contributed by atoms with Gasteiger partial charge in [0.05, 0.1) is 6.33 Å². The standard InChI is InChI=1S/C6H6F2/c1-2-6(8)4-3-5-7/h2-5H,1H2/b5-3+,6-4+. The van der Waals surface area contributed by atoms with Gasteiger partial charge in [-0.15, -0.1) is 0 Å². The lowest BCUT2D eigenvalue weighted by Gasteiger charge is -1.75. The molecule has 0 aliphatic heterocycles. The molecule has 0 rings (SSSR count). The maximum Gasteiger partial charge on any atom is 0.122 e. The van der Waals surface area contributed by atoms with Gasteiger partial charge in [-0.05, 0) is 18.2 Å². The first kappa shape index (κ1) is 7.08. The summed E-state index contributed by atoms with van der Waals surface area (Å²) < 4.78 is 22.9. The van der Waals surface area contributed by atoms with Gasteiger partial charge >= 0.3 is 0 Å². The molecule has 0 aromatic heterocycles. The molecule has 0 aromatic rings. The molecular formula is C6H6F2. The molecule has 0 bridgehead atoms. The number of halogens is 2. The van der Waals surface area contributed by atoms with Crippen molar-refractivity contribution in [2.75, 3.05) is 0 Å². The molecule has 8 heavy (non-hydrogen) atoms. The first-order valence-corrected chi connectivity index (χ1v) is 2.06. The third kappa shape index (κ3) is 3.28. The summed E-state index contributed by atoms with van der Waals surface area (Å²) in [4.78, 5) is 0. The van der Waals surface area contributed by atoms with Crippen molar-refractivity contribution in [3.63, 3.8) is 0 Å². The van der Waals surface area contributed by atoms with E-state index >= 15 is 0 Å². The van der Waals surface area contributed by atoms with E-state index in [2.05, 4.69) is 6.58 Å². The van der Waals surface area contributed by atoms with Gasteiger partial charge in [-0.2, -0.15) is 0 Å². The molecule has 2 heteroatoms. The fraction of sp³-hybridized carbons (Fsp3) is 0. The molecule has 0 aliphatic rings. The number of rotatable bonds is 2. The molecular weight excluding hydrogens is 110 g/mol. The Morgan fingerprint density at radius 2 is 2.12 bits per heavy atom. The van der Waals surface area contributed by atoms with Crippen molar-refractivity contribution in [3.8, 4) is 0 Å². The van der Waals surface area contributed by atoms with Crippen molar-refractivity contribution < 1.29 is 8.78 Å². The Balaban J connectivity index is 3.74. The molecule has 0 saturated carbocycles. The maximum atomic E-state index is 11.8. The summed E-state index contributed by atoms with van der Waals surface area (Å²) in [5.74, 6) is -0.543. The number of allylic oxidation sites excluding steroid dienone is 4. The molecule has 44 valence electrons. The number of hydrogen-bond donors (Lipinski definition) is 0. The minimum absolute atomic E-state index is 0.253. The Bertz CT molecular complexity index is 122. The summed E-state index contributed by atoms with van der Waals surface area (Å²) >= 11 is 0. The number of hydrogen-bond acceptors (Lipinski definition) is 0. The highest BCUT2D eigenvalue weighted by Crippen LogP contribution is 1.95. The Morgan fingerprint density at radius 1 is 1.50 bits per heavy atom. The molecule has 0 atom stereocenters.